The number of aromatic hydroxyl groups is 1. The lowest BCUT2D eigenvalue weighted by atomic mass is 9.81. The van der Waals surface area contributed by atoms with Crippen molar-refractivity contribution in [1.29, 1.82) is 0 Å². The number of aromatic carboxylic acids is 1. The summed E-state index contributed by atoms with van der Waals surface area (Å²) in [6.07, 6.45) is 5.28. The summed E-state index contributed by atoms with van der Waals surface area (Å²) in [6.45, 7) is 2.11. The van der Waals surface area contributed by atoms with Gasteiger partial charge in [0.15, 0.2) is 9.84 Å². The van der Waals surface area contributed by atoms with Crippen molar-refractivity contribution in [3.05, 3.63) is 53.6 Å². The third-order valence-corrected chi connectivity index (χ3v) is 7.65. The van der Waals surface area contributed by atoms with Gasteiger partial charge >= 0.3 is 5.97 Å². The highest BCUT2D eigenvalue weighted by Crippen LogP contribution is 2.33. The topological polar surface area (TPSA) is 101 Å². The van der Waals surface area contributed by atoms with Crippen molar-refractivity contribution in [2.24, 2.45) is 11.8 Å². The number of carboxylic acid groups (broad SMARTS) is 1. The van der Waals surface area contributed by atoms with Crippen LogP contribution in [0, 0.1) is 18.8 Å². The average Bonchev–Trinajstić information content (AvgIpc) is 2.72. The lowest BCUT2D eigenvalue weighted by Gasteiger charge is -2.30. The van der Waals surface area contributed by atoms with Gasteiger partial charge in [-0.25, -0.2) is 13.2 Å². The van der Waals surface area contributed by atoms with Crippen LogP contribution < -0.4 is 4.74 Å². The standard InChI is InChI=1S/C23H28O6S/c1-16-7-10-20(11-8-16)30(27,28)15-18(17-5-3-2-4-6-17)14-29-19-9-12-21(23(25)26)22(24)13-19/h7-13,17-18,24H,2-6,14-15H2,1H3,(H,25,26). The molecule has 1 aliphatic rings. The van der Waals surface area contributed by atoms with Crippen LogP contribution in [0.4, 0.5) is 0 Å². The number of benzene rings is 2. The van der Waals surface area contributed by atoms with E-state index in [1.165, 1.54) is 24.6 Å². The molecule has 0 heterocycles. The molecule has 1 unspecified atom stereocenters. The highest BCUT2D eigenvalue weighted by atomic mass is 32.2. The number of sulfone groups is 1. The Morgan fingerprint density at radius 1 is 1.10 bits per heavy atom. The fourth-order valence-corrected chi connectivity index (χ4v) is 5.71. The van der Waals surface area contributed by atoms with Gasteiger partial charge in [0, 0.05) is 12.0 Å². The molecule has 0 radical (unpaired) electrons. The van der Waals surface area contributed by atoms with E-state index in [0.29, 0.717) is 10.6 Å². The molecule has 0 bridgehead atoms. The van der Waals surface area contributed by atoms with Gasteiger partial charge in [0.25, 0.3) is 0 Å². The summed E-state index contributed by atoms with van der Waals surface area (Å²) in [5.74, 6) is -1.19. The van der Waals surface area contributed by atoms with Crippen LogP contribution in [0.25, 0.3) is 0 Å². The number of phenols is 1. The molecule has 30 heavy (non-hydrogen) atoms. The normalized spacial score (nSPS) is 16.2. The van der Waals surface area contributed by atoms with Crippen LogP contribution in [-0.2, 0) is 9.84 Å². The van der Waals surface area contributed by atoms with E-state index in [0.717, 1.165) is 31.2 Å². The molecule has 1 fully saturated rings. The van der Waals surface area contributed by atoms with E-state index >= 15 is 0 Å². The Morgan fingerprint density at radius 3 is 2.37 bits per heavy atom. The van der Waals surface area contributed by atoms with E-state index in [4.69, 9.17) is 9.84 Å². The molecular weight excluding hydrogens is 404 g/mol. The van der Waals surface area contributed by atoms with Gasteiger partial charge in [-0.3, -0.25) is 0 Å². The van der Waals surface area contributed by atoms with Gasteiger partial charge in [-0.15, -0.1) is 0 Å². The number of carboxylic acids is 1. The number of ether oxygens (including phenoxy) is 1. The van der Waals surface area contributed by atoms with Crippen molar-refractivity contribution in [3.8, 4) is 11.5 Å². The zero-order valence-electron chi connectivity index (χ0n) is 17.1. The predicted molar refractivity (Wildman–Crippen MR) is 114 cm³/mol. The maximum atomic E-state index is 13.0. The molecule has 2 N–H and O–H groups in total. The first kappa shape index (κ1) is 22.2. The Bertz CT molecular complexity index is 975. The van der Waals surface area contributed by atoms with E-state index in [-0.39, 0.29) is 35.5 Å². The molecule has 0 aromatic heterocycles. The van der Waals surface area contributed by atoms with Crippen molar-refractivity contribution in [1.82, 2.24) is 0 Å². The van der Waals surface area contributed by atoms with Gasteiger partial charge in [0.1, 0.15) is 17.1 Å². The van der Waals surface area contributed by atoms with Crippen LogP contribution in [-0.4, -0.2) is 37.0 Å². The zero-order valence-corrected chi connectivity index (χ0v) is 17.9. The minimum absolute atomic E-state index is 0.0000801. The third-order valence-electron chi connectivity index (χ3n) is 5.79. The first-order valence-corrected chi connectivity index (χ1v) is 11.9. The molecule has 1 aliphatic carbocycles. The van der Waals surface area contributed by atoms with Gasteiger partial charge in [0.2, 0.25) is 0 Å². The Morgan fingerprint density at radius 2 is 1.77 bits per heavy atom. The van der Waals surface area contributed by atoms with Crippen LogP contribution in [0.5, 0.6) is 11.5 Å². The first-order chi connectivity index (χ1) is 14.3. The summed E-state index contributed by atoms with van der Waals surface area (Å²) in [6, 6.07) is 10.9. The fraction of sp³-hybridized carbons (Fsp3) is 0.435. The molecule has 0 amide bonds. The quantitative estimate of drug-likeness (QED) is 0.639. The molecule has 1 saturated carbocycles. The second-order valence-corrected chi connectivity index (χ2v) is 10.1. The largest absolute Gasteiger partial charge is 0.507 e. The fourth-order valence-electron chi connectivity index (χ4n) is 4.03. The van der Waals surface area contributed by atoms with E-state index in [1.54, 1.807) is 24.3 Å². The molecule has 0 spiro atoms. The number of rotatable bonds is 8. The highest BCUT2D eigenvalue weighted by molar-refractivity contribution is 7.91. The van der Waals surface area contributed by atoms with Crippen molar-refractivity contribution in [3.63, 3.8) is 0 Å². The molecule has 0 aliphatic heterocycles. The van der Waals surface area contributed by atoms with Crippen LogP contribution in [0.15, 0.2) is 47.4 Å². The Balaban J connectivity index is 1.76. The maximum absolute atomic E-state index is 13.0. The van der Waals surface area contributed by atoms with Crippen molar-refractivity contribution in [2.75, 3.05) is 12.4 Å². The van der Waals surface area contributed by atoms with Crippen LogP contribution in [0.2, 0.25) is 0 Å². The van der Waals surface area contributed by atoms with Crippen LogP contribution >= 0.6 is 0 Å². The maximum Gasteiger partial charge on any atom is 0.339 e. The van der Waals surface area contributed by atoms with Crippen molar-refractivity contribution >= 4 is 15.8 Å². The van der Waals surface area contributed by atoms with Crippen molar-refractivity contribution < 1.29 is 28.2 Å². The molecule has 6 nitrogen and oxygen atoms in total. The highest BCUT2D eigenvalue weighted by Gasteiger charge is 2.30. The van der Waals surface area contributed by atoms with Crippen LogP contribution in [0.3, 0.4) is 0 Å². The Hall–Kier alpha value is -2.54. The van der Waals surface area contributed by atoms with Gasteiger partial charge in [-0.05, 0) is 37.1 Å². The van der Waals surface area contributed by atoms with Crippen LogP contribution in [0.1, 0.15) is 48.0 Å². The average molecular weight is 433 g/mol. The van der Waals surface area contributed by atoms with Gasteiger partial charge in [0.05, 0.1) is 17.3 Å². The second kappa shape index (κ2) is 9.51. The Labute approximate surface area is 177 Å². The molecule has 0 saturated heterocycles. The summed E-state index contributed by atoms with van der Waals surface area (Å²) in [7, 11) is -3.46. The molecule has 162 valence electrons. The van der Waals surface area contributed by atoms with Gasteiger partial charge in [-0.2, -0.15) is 0 Å². The van der Waals surface area contributed by atoms with E-state index < -0.39 is 15.8 Å². The molecule has 3 rings (SSSR count). The number of hydrogen-bond acceptors (Lipinski definition) is 5. The van der Waals surface area contributed by atoms with E-state index in [1.807, 2.05) is 6.92 Å². The van der Waals surface area contributed by atoms with Crippen molar-refractivity contribution in [2.45, 2.75) is 43.9 Å². The monoisotopic (exact) mass is 432 g/mol. The lowest BCUT2D eigenvalue weighted by Crippen LogP contribution is -2.30. The summed E-state index contributed by atoms with van der Waals surface area (Å²) in [4.78, 5) is 11.4. The summed E-state index contributed by atoms with van der Waals surface area (Å²) in [5, 5.41) is 18.9. The molecular formula is C23H28O6S. The van der Waals surface area contributed by atoms with E-state index in [9.17, 15) is 18.3 Å². The Kier molecular flexibility index (Phi) is 7.02. The SMILES string of the molecule is Cc1ccc(S(=O)(=O)CC(COc2ccc(C(=O)O)c(O)c2)C2CCCCC2)cc1. The predicted octanol–water partition coefficient (Wildman–Crippen LogP) is 4.45. The molecule has 1 atom stereocenters. The number of carbonyl (C=O) groups is 1. The first-order valence-electron chi connectivity index (χ1n) is 10.2. The number of aryl methyl sites for hydroxylation is 1. The summed E-state index contributed by atoms with van der Waals surface area (Å²) in [5.41, 5.74) is 0.804. The third kappa shape index (κ3) is 5.53. The molecule has 7 heteroatoms. The molecule has 2 aromatic carbocycles. The molecule has 2 aromatic rings. The minimum Gasteiger partial charge on any atom is -0.507 e. The number of hydrogen-bond donors (Lipinski definition) is 2. The second-order valence-electron chi connectivity index (χ2n) is 8.05. The zero-order chi connectivity index (χ0) is 21.7. The van der Waals surface area contributed by atoms with Gasteiger partial charge in [-0.1, -0.05) is 49.8 Å². The minimum atomic E-state index is -3.46. The summed E-state index contributed by atoms with van der Waals surface area (Å²) < 4.78 is 31.9. The summed E-state index contributed by atoms with van der Waals surface area (Å²) >= 11 is 0. The lowest BCUT2D eigenvalue weighted by molar-refractivity contribution is 0.0693. The van der Waals surface area contributed by atoms with E-state index in [2.05, 4.69) is 0 Å². The smallest absolute Gasteiger partial charge is 0.339 e. The van der Waals surface area contributed by atoms with Gasteiger partial charge < -0.3 is 14.9 Å².